The van der Waals surface area contributed by atoms with Crippen LogP contribution in [-0.2, 0) is 11.2 Å². The van der Waals surface area contributed by atoms with Crippen LogP contribution in [0.2, 0.25) is 0 Å². The molecule has 1 saturated heterocycles. The van der Waals surface area contributed by atoms with Gasteiger partial charge in [0, 0.05) is 19.0 Å². The number of amides is 1. The fourth-order valence-electron chi connectivity index (χ4n) is 2.33. The van der Waals surface area contributed by atoms with E-state index in [1.54, 1.807) is 0 Å². The molecule has 98 valence electrons. The summed E-state index contributed by atoms with van der Waals surface area (Å²) in [5.41, 5.74) is 2.33. The summed E-state index contributed by atoms with van der Waals surface area (Å²) in [5, 5.41) is 0. The maximum Gasteiger partial charge on any atom is 0.226 e. The first kappa shape index (κ1) is 13.4. The van der Waals surface area contributed by atoms with Crippen molar-refractivity contribution in [2.24, 2.45) is 5.92 Å². The largest absolute Gasteiger partial charge is 0.342 e. The monoisotopic (exact) mass is 265 g/mol. The topological polar surface area (TPSA) is 20.3 Å². The van der Waals surface area contributed by atoms with Gasteiger partial charge >= 0.3 is 0 Å². The number of alkyl halides is 1. The fraction of sp³-hybridized carbons (Fsp3) is 0.533. The Hall–Kier alpha value is -1.02. The molecule has 1 aliphatic heterocycles. The molecule has 1 heterocycles. The molecule has 1 amide bonds. The molecule has 2 rings (SSSR count). The van der Waals surface area contributed by atoms with Crippen molar-refractivity contribution in [1.29, 1.82) is 0 Å². The third-order valence-electron chi connectivity index (χ3n) is 3.66. The zero-order chi connectivity index (χ0) is 13.0. The predicted octanol–water partition coefficient (Wildman–Crippen LogP) is 3.01. The lowest BCUT2D eigenvalue weighted by molar-refractivity contribution is -0.131. The molecule has 0 saturated carbocycles. The molecule has 0 spiro atoms. The molecule has 1 fully saturated rings. The zero-order valence-electron chi connectivity index (χ0n) is 10.9. The SMILES string of the molecule is Cc1ccc(CC(=O)N2CCC(CCl)CC2)cc1. The van der Waals surface area contributed by atoms with E-state index < -0.39 is 0 Å². The first-order valence-electron chi connectivity index (χ1n) is 6.58. The molecule has 1 aliphatic rings. The molecule has 1 aromatic rings. The van der Waals surface area contributed by atoms with Crippen LogP contribution in [0, 0.1) is 12.8 Å². The first-order valence-corrected chi connectivity index (χ1v) is 7.12. The van der Waals surface area contributed by atoms with Crippen LogP contribution in [0.15, 0.2) is 24.3 Å². The molecule has 2 nitrogen and oxygen atoms in total. The van der Waals surface area contributed by atoms with E-state index in [1.807, 2.05) is 17.0 Å². The zero-order valence-corrected chi connectivity index (χ0v) is 11.6. The predicted molar refractivity (Wildman–Crippen MR) is 74.9 cm³/mol. The number of hydrogen-bond acceptors (Lipinski definition) is 1. The number of carbonyl (C=O) groups excluding carboxylic acids is 1. The lowest BCUT2D eigenvalue weighted by Gasteiger charge is -2.31. The Morgan fingerprint density at radius 2 is 1.89 bits per heavy atom. The van der Waals surface area contributed by atoms with E-state index in [4.69, 9.17) is 11.6 Å². The summed E-state index contributed by atoms with van der Waals surface area (Å²) in [6.45, 7) is 3.78. The number of aryl methyl sites for hydroxylation is 1. The summed E-state index contributed by atoms with van der Waals surface area (Å²) in [4.78, 5) is 14.1. The Balaban J connectivity index is 1.87. The molecule has 0 aromatic heterocycles. The highest BCUT2D eigenvalue weighted by Gasteiger charge is 2.21. The van der Waals surface area contributed by atoms with Crippen molar-refractivity contribution < 1.29 is 4.79 Å². The molecule has 0 N–H and O–H groups in total. The van der Waals surface area contributed by atoms with E-state index in [0.717, 1.165) is 37.4 Å². The van der Waals surface area contributed by atoms with Gasteiger partial charge in [0.25, 0.3) is 0 Å². The van der Waals surface area contributed by atoms with Crippen molar-refractivity contribution in [1.82, 2.24) is 4.90 Å². The van der Waals surface area contributed by atoms with E-state index in [1.165, 1.54) is 5.56 Å². The Morgan fingerprint density at radius 1 is 1.28 bits per heavy atom. The van der Waals surface area contributed by atoms with Crippen molar-refractivity contribution in [2.75, 3.05) is 19.0 Å². The second-order valence-corrected chi connectivity index (χ2v) is 5.45. The minimum absolute atomic E-state index is 0.242. The second-order valence-electron chi connectivity index (χ2n) is 5.14. The number of benzene rings is 1. The molecule has 1 aromatic carbocycles. The quantitative estimate of drug-likeness (QED) is 0.770. The van der Waals surface area contributed by atoms with Gasteiger partial charge in [-0.1, -0.05) is 29.8 Å². The standard InChI is InChI=1S/C15H20ClNO/c1-12-2-4-13(5-3-12)10-15(18)17-8-6-14(11-16)7-9-17/h2-5,14H,6-11H2,1H3. The van der Waals surface area contributed by atoms with Crippen LogP contribution < -0.4 is 0 Å². The third-order valence-corrected chi connectivity index (χ3v) is 4.10. The van der Waals surface area contributed by atoms with Crippen molar-refractivity contribution in [3.63, 3.8) is 0 Å². The van der Waals surface area contributed by atoms with Crippen LogP contribution in [0.25, 0.3) is 0 Å². The van der Waals surface area contributed by atoms with Crippen LogP contribution in [0.4, 0.5) is 0 Å². The maximum atomic E-state index is 12.1. The minimum Gasteiger partial charge on any atom is -0.342 e. The number of carbonyl (C=O) groups is 1. The molecule has 0 unspecified atom stereocenters. The average Bonchev–Trinajstić information content (AvgIpc) is 2.41. The van der Waals surface area contributed by atoms with Crippen molar-refractivity contribution in [2.45, 2.75) is 26.2 Å². The lowest BCUT2D eigenvalue weighted by atomic mass is 9.98. The van der Waals surface area contributed by atoms with Crippen molar-refractivity contribution >= 4 is 17.5 Å². The summed E-state index contributed by atoms with van der Waals surface area (Å²) in [7, 11) is 0. The normalized spacial score (nSPS) is 16.9. The van der Waals surface area contributed by atoms with Crippen LogP contribution in [-0.4, -0.2) is 29.8 Å². The van der Waals surface area contributed by atoms with Gasteiger partial charge in [-0.05, 0) is 31.2 Å². The Labute approximate surface area is 114 Å². The van der Waals surface area contributed by atoms with Gasteiger partial charge in [-0.2, -0.15) is 0 Å². The summed E-state index contributed by atoms with van der Waals surface area (Å²) in [6, 6.07) is 8.20. The summed E-state index contributed by atoms with van der Waals surface area (Å²) < 4.78 is 0. The highest BCUT2D eigenvalue weighted by Crippen LogP contribution is 2.19. The molecule has 3 heteroatoms. The number of hydrogen-bond donors (Lipinski definition) is 0. The van der Waals surface area contributed by atoms with Crippen LogP contribution >= 0.6 is 11.6 Å². The Bertz CT molecular complexity index is 393. The van der Waals surface area contributed by atoms with Gasteiger partial charge in [0.15, 0.2) is 0 Å². The highest BCUT2D eigenvalue weighted by molar-refractivity contribution is 6.18. The number of nitrogens with zero attached hydrogens (tertiary/aromatic N) is 1. The van der Waals surface area contributed by atoms with Crippen LogP contribution in [0.5, 0.6) is 0 Å². The number of piperidine rings is 1. The number of rotatable bonds is 3. The van der Waals surface area contributed by atoms with Gasteiger partial charge in [-0.15, -0.1) is 11.6 Å². The van der Waals surface area contributed by atoms with Crippen LogP contribution in [0.1, 0.15) is 24.0 Å². The third kappa shape index (κ3) is 3.49. The number of halogens is 1. The van der Waals surface area contributed by atoms with Gasteiger partial charge < -0.3 is 4.90 Å². The molecule has 0 radical (unpaired) electrons. The number of likely N-dealkylation sites (tertiary alicyclic amines) is 1. The maximum absolute atomic E-state index is 12.1. The first-order chi connectivity index (χ1) is 8.69. The fourth-order valence-corrected chi connectivity index (χ4v) is 2.64. The van der Waals surface area contributed by atoms with E-state index in [2.05, 4.69) is 19.1 Å². The molecular weight excluding hydrogens is 246 g/mol. The average molecular weight is 266 g/mol. The van der Waals surface area contributed by atoms with Crippen LogP contribution in [0.3, 0.4) is 0 Å². The minimum atomic E-state index is 0.242. The highest BCUT2D eigenvalue weighted by atomic mass is 35.5. The molecule has 18 heavy (non-hydrogen) atoms. The van der Waals surface area contributed by atoms with Crippen molar-refractivity contribution in [3.05, 3.63) is 35.4 Å². The van der Waals surface area contributed by atoms with Crippen molar-refractivity contribution in [3.8, 4) is 0 Å². The Morgan fingerprint density at radius 3 is 2.44 bits per heavy atom. The second kappa shape index (κ2) is 6.24. The summed E-state index contributed by atoms with van der Waals surface area (Å²) >= 11 is 5.85. The molecular formula is C15H20ClNO. The Kier molecular flexibility index (Phi) is 4.65. The summed E-state index contributed by atoms with van der Waals surface area (Å²) in [5.74, 6) is 1.56. The lowest BCUT2D eigenvalue weighted by Crippen LogP contribution is -2.39. The van der Waals surface area contributed by atoms with Gasteiger partial charge in [-0.25, -0.2) is 0 Å². The summed E-state index contributed by atoms with van der Waals surface area (Å²) in [6.07, 6.45) is 2.61. The van der Waals surface area contributed by atoms with Gasteiger partial charge in [0.2, 0.25) is 5.91 Å². The van der Waals surface area contributed by atoms with E-state index in [0.29, 0.717) is 12.3 Å². The van der Waals surface area contributed by atoms with E-state index in [9.17, 15) is 4.79 Å². The van der Waals surface area contributed by atoms with Gasteiger partial charge in [-0.3, -0.25) is 4.79 Å². The molecule has 0 bridgehead atoms. The van der Waals surface area contributed by atoms with E-state index in [-0.39, 0.29) is 5.91 Å². The van der Waals surface area contributed by atoms with Gasteiger partial charge in [0.1, 0.15) is 0 Å². The molecule has 0 atom stereocenters. The van der Waals surface area contributed by atoms with E-state index >= 15 is 0 Å². The molecule has 0 aliphatic carbocycles. The smallest absolute Gasteiger partial charge is 0.226 e. The van der Waals surface area contributed by atoms with Gasteiger partial charge in [0.05, 0.1) is 6.42 Å².